The monoisotopic (exact) mass is 422 g/mol. The van der Waals surface area contributed by atoms with Gasteiger partial charge in [-0.25, -0.2) is 4.68 Å². The average Bonchev–Trinajstić information content (AvgIpc) is 3.50. The Morgan fingerprint density at radius 3 is 2.63 bits per heavy atom. The van der Waals surface area contributed by atoms with Crippen molar-refractivity contribution in [2.24, 2.45) is 0 Å². The van der Waals surface area contributed by atoms with Gasteiger partial charge in [0, 0.05) is 0 Å². The molecule has 9 heteroatoms. The number of benzene rings is 2. The van der Waals surface area contributed by atoms with Gasteiger partial charge >= 0.3 is 0 Å². The second-order valence-electron chi connectivity index (χ2n) is 7.13. The number of carbonyl (C=O) groups is 2. The lowest BCUT2D eigenvalue weighted by atomic mass is 10.1. The lowest BCUT2D eigenvalue weighted by Crippen LogP contribution is -2.28. The van der Waals surface area contributed by atoms with Crippen molar-refractivity contribution in [1.29, 1.82) is 0 Å². The molecule has 2 aromatic carbocycles. The summed E-state index contributed by atoms with van der Waals surface area (Å²) in [5.41, 5.74) is 1.90. The molecule has 8 nitrogen and oxygen atoms in total. The Hall–Kier alpha value is -3.20. The molecule has 2 amide bonds. The van der Waals surface area contributed by atoms with Crippen LogP contribution in [-0.4, -0.2) is 37.8 Å². The summed E-state index contributed by atoms with van der Waals surface area (Å²) in [6, 6.07) is 16.9. The maximum Gasteiger partial charge on any atom is 0.253 e. The van der Waals surface area contributed by atoms with Crippen LogP contribution < -0.4 is 10.6 Å². The zero-order valence-corrected chi connectivity index (χ0v) is 17.3. The minimum Gasteiger partial charge on any atom is -0.345 e. The molecule has 0 unspecified atom stereocenters. The highest BCUT2D eigenvalue weighted by atomic mass is 32.2. The highest BCUT2D eigenvalue weighted by molar-refractivity contribution is 7.99. The van der Waals surface area contributed by atoms with Crippen LogP contribution in [0.1, 0.15) is 47.8 Å². The van der Waals surface area contributed by atoms with Crippen molar-refractivity contribution in [2.45, 2.75) is 37.0 Å². The molecule has 1 heterocycles. The Bertz CT molecular complexity index is 1030. The van der Waals surface area contributed by atoms with Crippen molar-refractivity contribution in [3.8, 4) is 0 Å². The van der Waals surface area contributed by atoms with Crippen LogP contribution in [0.15, 0.2) is 59.8 Å². The van der Waals surface area contributed by atoms with Crippen molar-refractivity contribution < 1.29 is 9.59 Å². The number of hydrogen-bond donors (Lipinski definition) is 2. The van der Waals surface area contributed by atoms with Gasteiger partial charge in [0.05, 0.1) is 29.1 Å². The van der Waals surface area contributed by atoms with Gasteiger partial charge in [-0.3, -0.25) is 9.59 Å². The van der Waals surface area contributed by atoms with E-state index in [9.17, 15) is 9.59 Å². The Morgan fingerprint density at radius 2 is 1.87 bits per heavy atom. The van der Waals surface area contributed by atoms with Gasteiger partial charge in [-0.1, -0.05) is 54.2 Å². The van der Waals surface area contributed by atoms with E-state index in [4.69, 9.17) is 0 Å². The lowest BCUT2D eigenvalue weighted by Gasteiger charge is -2.16. The van der Waals surface area contributed by atoms with Crippen LogP contribution in [0.2, 0.25) is 0 Å². The van der Waals surface area contributed by atoms with E-state index in [1.54, 1.807) is 28.9 Å². The number of amides is 2. The molecule has 0 radical (unpaired) electrons. The highest BCUT2D eigenvalue weighted by Crippen LogP contribution is 2.36. The number of hydrogen-bond acceptors (Lipinski definition) is 6. The summed E-state index contributed by atoms with van der Waals surface area (Å²) in [4.78, 5) is 25.3. The topological polar surface area (TPSA) is 102 Å². The van der Waals surface area contributed by atoms with E-state index >= 15 is 0 Å². The first-order chi connectivity index (χ1) is 14.6. The first kappa shape index (κ1) is 20.1. The van der Waals surface area contributed by atoms with E-state index in [0.717, 1.165) is 18.4 Å². The molecule has 2 N–H and O–H groups in total. The molecule has 154 valence electrons. The molecule has 0 bridgehead atoms. The molecule has 1 aromatic heterocycles. The third kappa shape index (κ3) is 4.85. The second-order valence-corrected chi connectivity index (χ2v) is 8.07. The molecule has 1 aliphatic carbocycles. The standard InChI is InChI=1S/C21H22N6O2S/c1-14(15-7-3-2-4-8-15)22-20(29)17-9-5-6-10-18(17)23-19(28)13-30-21-24-25-26-27(21)16-11-12-16/h2-10,14,16H,11-13H2,1H3,(H,22,29)(H,23,28)/t14-/m0/s1. The zero-order chi connectivity index (χ0) is 20.9. The molecule has 0 spiro atoms. The second kappa shape index (κ2) is 9.08. The van der Waals surface area contributed by atoms with Crippen molar-refractivity contribution in [2.75, 3.05) is 11.1 Å². The summed E-state index contributed by atoms with van der Waals surface area (Å²) in [5, 5.41) is 18.1. The summed E-state index contributed by atoms with van der Waals surface area (Å²) < 4.78 is 1.77. The van der Waals surface area contributed by atoms with Crippen LogP contribution in [-0.2, 0) is 4.79 Å². The molecule has 1 fully saturated rings. The largest absolute Gasteiger partial charge is 0.345 e. The van der Waals surface area contributed by atoms with Crippen molar-refractivity contribution >= 4 is 29.3 Å². The van der Waals surface area contributed by atoms with Crippen LogP contribution in [0, 0.1) is 0 Å². The van der Waals surface area contributed by atoms with Crippen molar-refractivity contribution in [3.05, 3.63) is 65.7 Å². The van der Waals surface area contributed by atoms with E-state index in [0.29, 0.717) is 22.4 Å². The van der Waals surface area contributed by atoms with E-state index < -0.39 is 0 Å². The maximum absolute atomic E-state index is 12.8. The fraction of sp³-hybridized carbons (Fsp3) is 0.286. The van der Waals surface area contributed by atoms with Crippen molar-refractivity contribution in [3.63, 3.8) is 0 Å². The number of nitrogens with one attached hydrogen (secondary N) is 2. The number of carbonyl (C=O) groups excluding carboxylic acids is 2. The third-order valence-corrected chi connectivity index (χ3v) is 5.71. The number of aromatic nitrogens is 4. The molecule has 0 saturated heterocycles. The van der Waals surface area contributed by atoms with E-state index in [2.05, 4.69) is 26.2 Å². The summed E-state index contributed by atoms with van der Waals surface area (Å²) in [7, 11) is 0. The minimum absolute atomic E-state index is 0.153. The number of rotatable bonds is 8. The fourth-order valence-electron chi connectivity index (χ4n) is 3.03. The first-order valence-electron chi connectivity index (χ1n) is 9.77. The first-order valence-corrected chi connectivity index (χ1v) is 10.8. The molecule has 0 aliphatic heterocycles. The third-order valence-electron chi connectivity index (χ3n) is 4.78. The lowest BCUT2D eigenvalue weighted by molar-refractivity contribution is -0.113. The van der Waals surface area contributed by atoms with Gasteiger partial charge in [-0.05, 0) is 47.9 Å². The van der Waals surface area contributed by atoms with Crippen LogP contribution in [0.5, 0.6) is 0 Å². The smallest absolute Gasteiger partial charge is 0.253 e. The van der Waals surface area contributed by atoms with Gasteiger partial charge in [-0.15, -0.1) is 5.10 Å². The van der Waals surface area contributed by atoms with Gasteiger partial charge in [0.1, 0.15) is 0 Å². The quantitative estimate of drug-likeness (QED) is 0.541. The van der Waals surface area contributed by atoms with Gasteiger partial charge in [-0.2, -0.15) is 0 Å². The van der Waals surface area contributed by atoms with E-state index in [1.165, 1.54) is 11.8 Å². The normalized spacial score (nSPS) is 14.2. The molecule has 30 heavy (non-hydrogen) atoms. The molecular weight excluding hydrogens is 400 g/mol. The van der Waals surface area contributed by atoms with Gasteiger partial charge in [0.15, 0.2) is 0 Å². The molecule has 1 saturated carbocycles. The summed E-state index contributed by atoms with van der Waals surface area (Å²) >= 11 is 1.29. The molecule has 1 atom stereocenters. The Kier molecular flexibility index (Phi) is 6.08. The average molecular weight is 423 g/mol. The number of thioether (sulfide) groups is 1. The van der Waals surface area contributed by atoms with Gasteiger partial charge < -0.3 is 10.6 Å². The molecule has 1 aliphatic rings. The van der Waals surface area contributed by atoms with Crippen LogP contribution in [0.4, 0.5) is 5.69 Å². The molecule has 4 rings (SSSR count). The predicted octanol–water partition coefficient (Wildman–Crippen LogP) is 3.23. The molecule has 3 aromatic rings. The Morgan fingerprint density at radius 1 is 1.13 bits per heavy atom. The number of tetrazole rings is 1. The SMILES string of the molecule is C[C@H](NC(=O)c1ccccc1NC(=O)CSc1nnnn1C1CC1)c1ccccc1. The Balaban J connectivity index is 1.38. The summed E-state index contributed by atoms with van der Waals surface area (Å²) in [6.45, 7) is 1.93. The van der Waals surface area contributed by atoms with Gasteiger partial charge in [0.25, 0.3) is 5.91 Å². The fourth-order valence-corrected chi connectivity index (χ4v) is 3.78. The van der Waals surface area contributed by atoms with Crippen LogP contribution in [0.3, 0.4) is 0 Å². The maximum atomic E-state index is 12.8. The van der Waals surface area contributed by atoms with Crippen LogP contribution >= 0.6 is 11.8 Å². The van der Waals surface area contributed by atoms with E-state index in [1.807, 2.05) is 37.3 Å². The number of anilines is 1. The van der Waals surface area contributed by atoms with Crippen LogP contribution in [0.25, 0.3) is 0 Å². The minimum atomic E-state index is -0.243. The number of para-hydroxylation sites is 1. The summed E-state index contributed by atoms with van der Waals surface area (Å²) in [6.07, 6.45) is 2.13. The zero-order valence-electron chi connectivity index (χ0n) is 16.5. The van der Waals surface area contributed by atoms with Gasteiger partial charge in [0.2, 0.25) is 11.1 Å². The van der Waals surface area contributed by atoms with E-state index in [-0.39, 0.29) is 23.6 Å². The number of nitrogens with zero attached hydrogens (tertiary/aromatic N) is 4. The highest BCUT2D eigenvalue weighted by Gasteiger charge is 2.28. The molecular formula is C21H22N6O2S. The predicted molar refractivity (Wildman–Crippen MR) is 114 cm³/mol. The van der Waals surface area contributed by atoms with Crippen molar-refractivity contribution in [1.82, 2.24) is 25.5 Å². The Labute approximate surface area is 178 Å². The summed E-state index contributed by atoms with van der Waals surface area (Å²) in [5.74, 6) is -0.307.